The molecule has 1 aliphatic heterocycles. The number of amides is 1. The number of aromatic amines is 1. The van der Waals surface area contributed by atoms with E-state index in [-0.39, 0.29) is 18.1 Å². The Balaban J connectivity index is 1.41. The van der Waals surface area contributed by atoms with E-state index in [0.717, 1.165) is 51.0 Å². The van der Waals surface area contributed by atoms with Gasteiger partial charge in [0.15, 0.2) is 5.75 Å². The highest BCUT2D eigenvalue weighted by Gasteiger charge is 2.31. The van der Waals surface area contributed by atoms with Crippen molar-refractivity contribution in [2.75, 3.05) is 13.2 Å². The van der Waals surface area contributed by atoms with E-state index in [1.807, 2.05) is 17.7 Å². The summed E-state index contributed by atoms with van der Waals surface area (Å²) in [4.78, 5) is 12.7. The lowest BCUT2D eigenvalue weighted by atomic mass is 10.1. The summed E-state index contributed by atoms with van der Waals surface area (Å²) in [6.45, 7) is 3.50. The van der Waals surface area contributed by atoms with Gasteiger partial charge in [0, 0.05) is 18.9 Å². The Labute approximate surface area is 152 Å². The summed E-state index contributed by atoms with van der Waals surface area (Å²) < 4.78 is 13.3. The van der Waals surface area contributed by atoms with Crippen molar-refractivity contribution in [2.45, 2.75) is 57.2 Å². The van der Waals surface area contributed by atoms with Gasteiger partial charge in [-0.05, 0) is 45.1 Å². The summed E-state index contributed by atoms with van der Waals surface area (Å²) in [6.07, 6.45) is 8.07. The molecule has 4 rings (SSSR count). The standard InChI is InChI=1S/C18H25N5O3/c1-12-9-16(22-23(12)13-5-7-25-8-6-13)18(24)21-15-3-2-4-17(15)26-14-10-19-20-11-14/h9-11,13,15,17H,2-8H2,1H3,(H,19,20)(H,21,24)/t15-,17+/m0/s1. The van der Waals surface area contributed by atoms with Gasteiger partial charge in [0.1, 0.15) is 11.8 Å². The Hall–Kier alpha value is -2.35. The number of rotatable bonds is 5. The summed E-state index contributed by atoms with van der Waals surface area (Å²) in [6, 6.07) is 2.17. The predicted molar refractivity (Wildman–Crippen MR) is 94.2 cm³/mol. The van der Waals surface area contributed by atoms with E-state index in [4.69, 9.17) is 9.47 Å². The average Bonchev–Trinajstić information content (AvgIpc) is 3.39. The fourth-order valence-electron chi connectivity index (χ4n) is 3.85. The first-order valence-corrected chi connectivity index (χ1v) is 9.31. The largest absolute Gasteiger partial charge is 0.485 e. The van der Waals surface area contributed by atoms with Gasteiger partial charge in [-0.2, -0.15) is 10.2 Å². The molecule has 2 aliphatic rings. The van der Waals surface area contributed by atoms with Crippen LogP contribution in [0.5, 0.6) is 5.75 Å². The zero-order valence-electron chi connectivity index (χ0n) is 15.0. The second kappa shape index (κ2) is 7.49. The van der Waals surface area contributed by atoms with Gasteiger partial charge in [-0.3, -0.25) is 14.6 Å². The minimum absolute atomic E-state index is 0.00839. The topological polar surface area (TPSA) is 94.1 Å². The third-order valence-electron chi connectivity index (χ3n) is 5.22. The summed E-state index contributed by atoms with van der Waals surface area (Å²) in [5.74, 6) is 0.572. The van der Waals surface area contributed by atoms with Gasteiger partial charge < -0.3 is 14.8 Å². The summed E-state index contributed by atoms with van der Waals surface area (Å²) in [5, 5.41) is 14.3. The fourth-order valence-corrected chi connectivity index (χ4v) is 3.85. The average molecular weight is 359 g/mol. The molecule has 2 fully saturated rings. The Morgan fingerprint density at radius 2 is 2.19 bits per heavy atom. The van der Waals surface area contributed by atoms with Crippen LogP contribution in [-0.2, 0) is 4.74 Å². The van der Waals surface area contributed by atoms with Crippen molar-refractivity contribution >= 4 is 5.91 Å². The quantitative estimate of drug-likeness (QED) is 0.851. The lowest BCUT2D eigenvalue weighted by Crippen LogP contribution is -2.42. The van der Waals surface area contributed by atoms with Gasteiger partial charge in [0.05, 0.1) is 24.5 Å². The smallest absolute Gasteiger partial charge is 0.272 e. The number of hydrogen-bond donors (Lipinski definition) is 2. The Bertz CT molecular complexity index is 736. The molecule has 0 bridgehead atoms. The van der Waals surface area contributed by atoms with Crippen molar-refractivity contribution in [3.8, 4) is 5.75 Å². The van der Waals surface area contributed by atoms with Crippen LogP contribution in [0.2, 0.25) is 0 Å². The summed E-state index contributed by atoms with van der Waals surface area (Å²) in [7, 11) is 0. The van der Waals surface area contributed by atoms with Crippen LogP contribution in [0.1, 0.15) is 54.3 Å². The monoisotopic (exact) mass is 359 g/mol. The number of carbonyl (C=O) groups is 1. The summed E-state index contributed by atoms with van der Waals surface area (Å²) >= 11 is 0. The Morgan fingerprint density at radius 3 is 2.96 bits per heavy atom. The molecule has 1 saturated carbocycles. The number of hydrogen-bond acceptors (Lipinski definition) is 5. The highest BCUT2D eigenvalue weighted by molar-refractivity contribution is 5.92. The van der Waals surface area contributed by atoms with Crippen LogP contribution < -0.4 is 10.1 Å². The minimum Gasteiger partial charge on any atom is -0.485 e. The number of aryl methyl sites for hydroxylation is 1. The van der Waals surface area contributed by atoms with Crippen molar-refractivity contribution in [1.29, 1.82) is 0 Å². The van der Waals surface area contributed by atoms with Crippen LogP contribution in [0.25, 0.3) is 0 Å². The van der Waals surface area contributed by atoms with E-state index >= 15 is 0 Å². The van der Waals surface area contributed by atoms with Crippen LogP contribution in [0.4, 0.5) is 0 Å². The second-order valence-electron chi connectivity index (χ2n) is 7.06. The van der Waals surface area contributed by atoms with Gasteiger partial charge in [-0.15, -0.1) is 0 Å². The van der Waals surface area contributed by atoms with Crippen LogP contribution in [0.15, 0.2) is 18.5 Å². The highest BCUT2D eigenvalue weighted by atomic mass is 16.5. The molecule has 26 heavy (non-hydrogen) atoms. The molecule has 140 valence electrons. The van der Waals surface area contributed by atoms with Gasteiger partial charge in [-0.25, -0.2) is 0 Å². The van der Waals surface area contributed by atoms with Crippen molar-refractivity contribution < 1.29 is 14.3 Å². The van der Waals surface area contributed by atoms with Crippen molar-refractivity contribution in [1.82, 2.24) is 25.3 Å². The molecule has 2 aromatic heterocycles. The second-order valence-corrected chi connectivity index (χ2v) is 7.06. The molecule has 0 spiro atoms. The van der Waals surface area contributed by atoms with Crippen molar-refractivity contribution in [2.24, 2.45) is 0 Å². The maximum Gasteiger partial charge on any atom is 0.272 e. The Kier molecular flexibility index (Phi) is 4.92. The molecular formula is C18H25N5O3. The van der Waals surface area contributed by atoms with Crippen LogP contribution in [0, 0.1) is 6.92 Å². The SMILES string of the molecule is Cc1cc(C(=O)N[C@H]2CCC[C@H]2Oc2cn[nH]c2)nn1C1CCOCC1. The fraction of sp³-hybridized carbons (Fsp3) is 0.611. The summed E-state index contributed by atoms with van der Waals surface area (Å²) in [5.41, 5.74) is 1.49. The maximum atomic E-state index is 12.7. The van der Waals surface area contributed by atoms with E-state index in [1.54, 1.807) is 12.4 Å². The predicted octanol–water partition coefficient (Wildman–Crippen LogP) is 2.00. The van der Waals surface area contributed by atoms with Gasteiger partial charge >= 0.3 is 0 Å². The van der Waals surface area contributed by atoms with E-state index in [1.165, 1.54) is 0 Å². The lowest BCUT2D eigenvalue weighted by molar-refractivity contribution is 0.0654. The van der Waals surface area contributed by atoms with Gasteiger partial charge in [-0.1, -0.05) is 0 Å². The van der Waals surface area contributed by atoms with Crippen LogP contribution in [-0.4, -0.2) is 51.2 Å². The molecule has 8 heteroatoms. The van der Waals surface area contributed by atoms with Crippen LogP contribution >= 0.6 is 0 Å². The molecule has 0 unspecified atom stereocenters. The molecular weight excluding hydrogens is 334 g/mol. The Morgan fingerprint density at radius 1 is 1.35 bits per heavy atom. The first kappa shape index (κ1) is 17.1. The molecule has 3 heterocycles. The van der Waals surface area contributed by atoms with Crippen molar-refractivity contribution in [3.05, 3.63) is 29.8 Å². The molecule has 0 radical (unpaired) electrons. The van der Waals surface area contributed by atoms with E-state index in [2.05, 4.69) is 20.6 Å². The third kappa shape index (κ3) is 3.60. The molecule has 2 N–H and O–H groups in total. The van der Waals surface area contributed by atoms with Gasteiger partial charge in [0.2, 0.25) is 0 Å². The number of aromatic nitrogens is 4. The maximum absolute atomic E-state index is 12.7. The number of ether oxygens (including phenoxy) is 2. The van der Waals surface area contributed by atoms with E-state index in [9.17, 15) is 4.79 Å². The number of nitrogens with one attached hydrogen (secondary N) is 2. The lowest BCUT2D eigenvalue weighted by Gasteiger charge is -2.23. The van der Waals surface area contributed by atoms with Crippen molar-refractivity contribution in [3.63, 3.8) is 0 Å². The first-order valence-electron chi connectivity index (χ1n) is 9.31. The molecule has 1 amide bonds. The minimum atomic E-state index is -0.133. The van der Waals surface area contributed by atoms with E-state index in [0.29, 0.717) is 17.5 Å². The van der Waals surface area contributed by atoms with E-state index < -0.39 is 0 Å². The van der Waals surface area contributed by atoms with Crippen LogP contribution in [0.3, 0.4) is 0 Å². The molecule has 1 saturated heterocycles. The molecule has 0 aromatic carbocycles. The number of nitrogens with zero attached hydrogens (tertiary/aromatic N) is 3. The third-order valence-corrected chi connectivity index (χ3v) is 5.22. The molecule has 2 aromatic rings. The molecule has 1 aliphatic carbocycles. The highest BCUT2D eigenvalue weighted by Crippen LogP contribution is 2.25. The first-order chi connectivity index (χ1) is 12.7. The molecule has 2 atom stereocenters. The van der Waals surface area contributed by atoms with Gasteiger partial charge in [0.25, 0.3) is 5.91 Å². The number of carbonyl (C=O) groups excluding carboxylic acids is 1. The number of H-pyrrole nitrogens is 1. The molecule has 8 nitrogen and oxygen atoms in total. The normalized spacial score (nSPS) is 23.9. The zero-order chi connectivity index (χ0) is 17.9. The zero-order valence-corrected chi connectivity index (χ0v) is 15.0.